The van der Waals surface area contributed by atoms with Gasteiger partial charge in [-0.1, -0.05) is 6.92 Å². The fraction of sp³-hybridized carbons (Fsp3) is 0.304. The van der Waals surface area contributed by atoms with E-state index < -0.39 is 41.3 Å². The SMILES string of the molecule is CCC(C)NC(=O)Cc1c(C)n(C(=O)c2ccc(OC(F)(F)F)cc2)c2cc(F)c(O)c(F)c12. The highest BCUT2D eigenvalue weighted by Gasteiger charge is 2.31. The molecule has 6 nitrogen and oxygen atoms in total. The van der Waals surface area contributed by atoms with Crippen LogP contribution in [0.3, 0.4) is 0 Å². The molecule has 3 aromatic rings. The number of aromatic hydroxyl groups is 1. The zero-order valence-corrected chi connectivity index (χ0v) is 18.4. The number of nitrogens with one attached hydrogen (secondary N) is 1. The third-order valence-corrected chi connectivity index (χ3v) is 5.38. The molecule has 11 heteroatoms. The van der Waals surface area contributed by atoms with Crippen molar-refractivity contribution in [2.75, 3.05) is 0 Å². The van der Waals surface area contributed by atoms with E-state index in [1.807, 2.05) is 6.92 Å². The Labute approximate surface area is 190 Å². The molecule has 34 heavy (non-hydrogen) atoms. The standard InChI is InChI=1S/C23H21F5N2O4/c1-4-11(2)29-18(31)9-15-12(3)30(17-10-16(24)21(32)20(25)19(15)17)22(33)13-5-7-14(8-6-13)34-23(26,27)28/h5-8,10-11,32H,4,9H2,1-3H3,(H,29,31). The van der Waals surface area contributed by atoms with Gasteiger partial charge in [-0.15, -0.1) is 13.2 Å². The van der Waals surface area contributed by atoms with E-state index in [0.717, 1.165) is 34.9 Å². The van der Waals surface area contributed by atoms with Crippen LogP contribution in [0.5, 0.6) is 11.5 Å². The van der Waals surface area contributed by atoms with E-state index in [9.17, 15) is 36.6 Å². The first-order valence-electron chi connectivity index (χ1n) is 10.2. The van der Waals surface area contributed by atoms with Gasteiger partial charge in [0.1, 0.15) is 5.75 Å². The van der Waals surface area contributed by atoms with Gasteiger partial charge < -0.3 is 15.2 Å². The molecule has 0 fully saturated rings. The lowest BCUT2D eigenvalue weighted by Crippen LogP contribution is -2.33. The number of rotatable bonds is 6. The Morgan fingerprint density at radius 3 is 2.35 bits per heavy atom. The van der Waals surface area contributed by atoms with Gasteiger partial charge in [0.05, 0.1) is 11.9 Å². The smallest absolute Gasteiger partial charge is 0.503 e. The Hall–Kier alpha value is -3.63. The average Bonchev–Trinajstić information content (AvgIpc) is 3.01. The molecular weight excluding hydrogens is 463 g/mol. The van der Waals surface area contributed by atoms with Gasteiger partial charge in [0.25, 0.3) is 5.91 Å². The van der Waals surface area contributed by atoms with Crippen LogP contribution in [0.1, 0.15) is 41.9 Å². The number of phenols is 1. The Bertz CT molecular complexity index is 1250. The molecule has 1 atom stereocenters. The number of hydrogen-bond acceptors (Lipinski definition) is 4. The van der Waals surface area contributed by atoms with Crippen LogP contribution < -0.4 is 10.1 Å². The zero-order chi connectivity index (χ0) is 25.4. The lowest BCUT2D eigenvalue weighted by Gasteiger charge is -2.12. The average molecular weight is 484 g/mol. The first-order valence-corrected chi connectivity index (χ1v) is 10.2. The Morgan fingerprint density at radius 1 is 1.18 bits per heavy atom. The van der Waals surface area contributed by atoms with Gasteiger partial charge in [-0.2, -0.15) is 0 Å². The maximum atomic E-state index is 14.9. The maximum absolute atomic E-state index is 14.9. The summed E-state index contributed by atoms with van der Waals surface area (Å²) in [7, 11) is 0. The van der Waals surface area contributed by atoms with Gasteiger partial charge >= 0.3 is 6.36 Å². The molecule has 0 aliphatic rings. The van der Waals surface area contributed by atoms with E-state index in [0.29, 0.717) is 6.42 Å². The van der Waals surface area contributed by atoms with Crippen molar-refractivity contribution in [1.82, 2.24) is 9.88 Å². The number of phenolic OH excluding ortho intramolecular Hbond substituents is 1. The fourth-order valence-corrected chi connectivity index (χ4v) is 3.55. The highest BCUT2D eigenvalue weighted by atomic mass is 19.4. The number of carbonyl (C=O) groups is 2. The zero-order valence-electron chi connectivity index (χ0n) is 18.4. The van der Waals surface area contributed by atoms with Crippen LogP contribution in [0.25, 0.3) is 10.9 Å². The summed E-state index contributed by atoms with van der Waals surface area (Å²) >= 11 is 0. The first-order chi connectivity index (χ1) is 15.8. The van der Waals surface area contributed by atoms with Gasteiger partial charge in [0.2, 0.25) is 5.91 Å². The molecule has 1 aromatic heterocycles. The van der Waals surface area contributed by atoms with E-state index >= 15 is 0 Å². The minimum absolute atomic E-state index is 0.0639. The number of nitrogens with zero attached hydrogens (tertiary/aromatic N) is 1. The van der Waals surface area contributed by atoms with Crippen LogP contribution in [0.15, 0.2) is 30.3 Å². The first kappa shape index (κ1) is 25.0. The van der Waals surface area contributed by atoms with E-state index in [1.165, 1.54) is 6.92 Å². The lowest BCUT2D eigenvalue weighted by atomic mass is 10.1. The summed E-state index contributed by atoms with van der Waals surface area (Å²) in [5.74, 6) is -5.73. The van der Waals surface area contributed by atoms with E-state index in [2.05, 4.69) is 10.1 Å². The van der Waals surface area contributed by atoms with Crippen molar-refractivity contribution in [3.05, 3.63) is 58.8 Å². The highest BCUT2D eigenvalue weighted by molar-refractivity contribution is 6.05. The van der Waals surface area contributed by atoms with Crippen LogP contribution in [-0.4, -0.2) is 33.9 Å². The summed E-state index contributed by atoms with van der Waals surface area (Å²) in [6, 6.07) is 4.57. The third-order valence-electron chi connectivity index (χ3n) is 5.38. The number of ether oxygens (including phenoxy) is 1. The fourth-order valence-electron chi connectivity index (χ4n) is 3.55. The molecule has 3 rings (SSSR count). The van der Waals surface area contributed by atoms with Crippen molar-refractivity contribution in [3.63, 3.8) is 0 Å². The summed E-state index contributed by atoms with van der Waals surface area (Å²) in [5.41, 5.74) is -0.163. The molecule has 0 radical (unpaired) electrons. The number of alkyl halides is 3. The van der Waals surface area contributed by atoms with E-state index in [4.69, 9.17) is 0 Å². The number of carbonyl (C=O) groups excluding carboxylic acids is 2. The number of benzene rings is 2. The highest BCUT2D eigenvalue weighted by Crippen LogP contribution is 2.35. The molecule has 0 saturated heterocycles. The molecule has 0 aliphatic heterocycles. The molecule has 182 valence electrons. The molecule has 1 unspecified atom stereocenters. The van der Waals surface area contributed by atoms with E-state index in [-0.39, 0.29) is 40.2 Å². The van der Waals surface area contributed by atoms with Crippen molar-refractivity contribution >= 4 is 22.7 Å². The number of halogens is 5. The second kappa shape index (κ2) is 9.32. The third kappa shape index (κ3) is 4.97. The summed E-state index contributed by atoms with van der Waals surface area (Å²) in [6.45, 7) is 5.04. The normalized spacial score (nSPS) is 12.6. The van der Waals surface area contributed by atoms with Gasteiger partial charge in [-0.05, 0) is 50.1 Å². The maximum Gasteiger partial charge on any atom is 0.573 e. The largest absolute Gasteiger partial charge is 0.573 e. The molecule has 1 heterocycles. The predicted octanol–water partition coefficient (Wildman–Crippen LogP) is 4.98. The van der Waals surface area contributed by atoms with Crippen molar-refractivity contribution in [1.29, 1.82) is 0 Å². The predicted molar refractivity (Wildman–Crippen MR) is 113 cm³/mol. The Morgan fingerprint density at radius 2 is 1.79 bits per heavy atom. The van der Waals surface area contributed by atoms with Gasteiger partial charge in [0.15, 0.2) is 17.4 Å². The van der Waals surface area contributed by atoms with Crippen molar-refractivity contribution in [2.24, 2.45) is 0 Å². The molecular formula is C23H21F5N2O4. The molecule has 0 bridgehead atoms. The van der Waals surface area contributed by atoms with Crippen molar-refractivity contribution < 1.29 is 41.4 Å². The Balaban J connectivity index is 2.11. The molecule has 2 aromatic carbocycles. The second-order valence-corrected chi connectivity index (χ2v) is 7.75. The molecule has 1 amide bonds. The summed E-state index contributed by atoms with van der Waals surface area (Å²) in [6.07, 6.45) is -4.63. The van der Waals surface area contributed by atoms with Gasteiger partial charge in [-0.3, -0.25) is 14.2 Å². The number of amides is 1. The quantitative estimate of drug-likeness (QED) is 0.484. The van der Waals surface area contributed by atoms with Crippen molar-refractivity contribution in [2.45, 2.75) is 46.0 Å². The Kier molecular flexibility index (Phi) is 6.85. The minimum Gasteiger partial charge on any atom is -0.503 e. The van der Waals surface area contributed by atoms with Crippen LogP contribution in [-0.2, 0) is 11.2 Å². The van der Waals surface area contributed by atoms with Crippen LogP contribution in [0.4, 0.5) is 22.0 Å². The lowest BCUT2D eigenvalue weighted by molar-refractivity contribution is -0.274. The van der Waals surface area contributed by atoms with Gasteiger partial charge in [-0.25, -0.2) is 8.78 Å². The van der Waals surface area contributed by atoms with Crippen LogP contribution in [0.2, 0.25) is 0 Å². The minimum atomic E-state index is -4.92. The van der Waals surface area contributed by atoms with Crippen molar-refractivity contribution in [3.8, 4) is 11.5 Å². The van der Waals surface area contributed by atoms with E-state index in [1.54, 1.807) is 6.92 Å². The molecule has 0 aliphatic carbocycles. The number of hydrogen-bond donors (Lipinski definition) is 2. The summed E-state index contributed by atoms with van der Waals surface area (Å²) < 4.78 is 71.0. The second-order valence-electron chi connectivity index (χ2n) is 7.75. The van der Waals surface area contributed by atoms with Crippen LogP contribution >= 0.6 is 0 Å². The monoisotopic (exact) mass is 484 g/mol. The van der Waals surface area contributed by atoms with Gasteiger partial charge in [0, 0.05) is 28.8 Å². The van der Waals surface area contributed by atoms with Crippen LogP contribution in [0, 0.1) is 18.6 Å². The topological polar surface area (TPSA) is 80.6 Å². The number of fused-ring (bicyclic) bond motifs is 1. The molecule has 0 spiro atoms. The molecule has 2 N–H and O–H groups in total. The number of aromatic nitrogens is 1. The molecule has 0 saturated carbocycles. The summed E-state index contributed by atoms with van der Waals surface area (Å²) in [4.78, 5) is 25.7. The summed E-state index contributed by atoms with van der Waals surface area (Å²) in [5, 5.41) is 12.2.